The molecule has 0 bridgehead atoms. The SMILES string of the molecule is CCOC(=O)c1cc(F)cc(C(Cl)C(C)=O)c1. The van der Waals surface area contributed by atoms with Gasteiger partial charge in [-0.3, -0.25) is 4.79 Å². The lowest BCUT2D eigenvalue weighted by molar-refractivity contribution is -0.116. The molecule has 0 aliphatic rings. The van der Waals surface area contributed by atoms with Crippen LogP contribution in [0.25, 0.3) is 0 Å². The van der Waals surface area contributed by atoms with E-state index in [2.05, 4.69) is 0 Å². The van der Waals surface area contributed by atoms with Gasteiger partial charge in [-0.25, -0.2) is 9.18 Å². The second kappa shape index (κ2) is 5.77. The maximum absolute atomic E-state index is 13.3. The summed E-state index contributed by atoms with van der Waals surface area (Å²) in [5, 5.41) is -0.959. The number of esters is 1. The molecule has 17 heavy (non-hydrogen) atoms. The van der Waals surface area contributed by atoms with E-state index in [0.717, 1.165) is 12.1 Å². The van der Waals surface area contributed by atoms with Crippen LogP contribution in [0.15, 0.2) is 18.2 Å². The lowest BCUT2D eigenvalue weighted by atomic mass is 10.1. The van der Waals surface area contributed by atoms with Crippen molar-refractivity contribution in [1.82, 2.24) is 0 Å². The van der Waals surface area contributed by atoms with E-state index in [1.54, 1.807) is 6.92 Å². The number of halogens is 2. The molecule has 0 radical (unpaired) electrons. The molecule has 92 valence electrons. The van der Waals surface area contributed by atoms with Crippen LogP contribution in [0.3, 0.4) is 0 Å². The predicted molar refractivity (Wildman–Crippen MR) is 61.6 cm³/mol. The summed E-state index contributed by atoms with van der Waals surface area (Å²) in [5.41, 5.74) is 0.302. The first-order valence-electron chi connectivity index (χ1n) is 5.07. The molecular weight excluding hydrogens is 247 g/mol. The van der Waals surface area contributed by atoms with E-state index in [1.165, 1.54) is 13.0 Å². The Kier molecular flexibility index (Phi) is 4.63. The standard InChI is InChI=1S/C12H12ClFO3/c1-3-17-12(16)9-4-8(5-10(14)6-9)11(13)7(2)15/h4-6,11H,3H2,1-2H3. The maximum atomic E-state index is 13.3. The quantitative estimate of drug-likeness (QED) is 0.616. The number of Topliss-reactive ketones (excluding diaryl/α,β-unsaturated/α-hetero) is 1. The van der Waals surface area contributed by atoms with Gasteiger partial charge in [0, 0.05) is 0 Å². The highest BCUT2D eigenvalue weighted by atomic mass is 35.5. The number of ketones is 1. The molecule has 5 heteroatoms. The fourth-order valence-corrected chi connectivity index (χ4v) is 1.45. The molecule has 0 amide bonds. The van der Waals surface area contributed by atoms with Gasteiger partial charge in [0.2, 0.25) is 0 Å². The third-order valence-electron chi connectivity index (χ3n) is 2.08. The number of benzene rings is 1. The van der Waals surface area contributed by atoms with Crippen LogP contribution in [0.5, 0.6) is 0 Å². The molecule has 0 heterocycles. The van der Waals surface area contributed by atoms with Gasteiger partial charge in [0.05, 0.1) is 12.2 Å². The zero-order valence-electron chi connectivity index (χ0n) is 9.50. The summed E-state index contributed by atoms with van der Waals surface area (Å²) in [6, 6.07) is 3.53. The predicted octanol–water partition coefficient (Wildman–Crippen LogP) is 2.87. The van der Waals surface area contributed by atoms with Crippen molar-refractivity contribution in [2.45, 2.75) is 19.2 Å². The second-order valence-corrected chi connectivity index (χ2v) is 3.90. The minimum absolute atomic E-state index is 0.0498. The Morgan fingerprint density at radius 3 is 2.59 bits per heavy atom. The molecule has 1 atom stereocenters. The topological polar surface area (TPSA) is 43.4 Å². The van der Waals surface area contributed by atoms with Gasteiger partial charge < -0.3 is 4.74 Å². The van der Waals surface area contributed by atoms with E-state index >= 15 is 0 Å². The van der Waals surface area contributed by atoms with Gasteiger partial charge in [0.15, 0.2) is 5.78 Å². The van der Waals surface area contributed by atoms with Gasteiger partial charge in [0.25, 0.3) is 0 Å². The molecule has 0 fully saturated rings. The third-order valence-corrected chi connectivity index (χ3v) is 2.64. The summed E-state index contributed by atoms with van der Waals surface area (Å²) in [6.07, 6.45) is 0. The van der Waals surface area contributed by atoms with Crippen LogP contribution < -0.4 is 0 Å². The average molecular weight is 259 g/mol. The Bertz CT molecular complexity index is 445. The van der Waals surface area contributed by atoms with Crippen LogP contribution in [0.2, 0.25) is 0 Å². The summed E-state index contributed by atoms with van der Waals surface area (Å²) < 4.78 is 18.0. The molecule has 1 aromatic carbocycles. The zero-order valence-corrected chi connectivity index (χ0v) is 10.3. The fourth-order valence-electron chi connectivity index (χ4n) is 1.33. The first-order valence-corrected chi connectivity index (χ1v) is 5.51. The van der Waals surface area contributed by atoms with Crippen LogP contribution in [-0.4, -0.2) is 18.4 Å². The van der Waals surface area contributed by atoms with E-state index < -0.39 is 17.2 Å². The van der Waals surface area contributed by atoms with Gasteiger partial charge in [-0.1, -0.05) is 0 Å². The largest absolute Gasteiger partial charge is 0.462 e. The molecule has 0 aliphatic carbocycles. The second-order valence-electron chi connectivity index (χ2n) is 3.47. The Labute approximate surface area is 104 Å². The molecule has 3 nitrogen and oxygen atoms in total. The summed E-state index contributed by atoms with van der Waals surface area (Å²) in [4.78, 5) is 22.5. The molecule has 1 rings (SSSR count). The van der Waals surface area contributed by atoms with Crippen molar-refractivity contribution in [1.29, 1.82) is 0 Å². The normalized spacial score (nSPS) is 12.0. The van der Waals surface area contributed by atoms with Crippen LogP contribution in [0.4, 0.5) is 4.39 Å². The molecule has 0 saturated heterocycles. The number of rotatable bonds is 4. The van der Waals surface area contributed by atoms with Gasteiger partial charge in [-0.2, -0.15) is 0 Å². The molecule has 0 spiro atoms. The lowest BCUT2D eigenvalue weighted by Gasteiger charge is -2.08. The van der Waals surface area contributed by atoms with E-state index in [1.807, 2.05) is 0 Å². The Morgan fingerprint density at radius 1 is 1.41 bits per heavy atom. The highest BCUT2D eigenvalue weighted by Gasteiger charge is 2.17. The van der Waals surface area contributed by atoms with Gasteiger partial charge >= 0.3 is 5.97 Å². The maximum Gasteiger partial charge on any atom is 0.338 e. The van der Waals surface area contributed by atoms with E-state index in [0.29, 0.717) is 0 Å². The van der Waals surface area contributed by atoms with Crippen LogP contribution in [0, 0.1) is 5.82 Å². The van der Waals surface area contributed by atoms with Crippen molar-refractivity contribution in [3.63, 3.8) is 0 Å². The summed E-state index contributed by atoms with van der Waals surface area (Å²) in [7, 11) is 0. The smallest absolute Gasteiger partial charge is 0.338 e. The van der Waals surface area contributed by atoms with Gasteiger partial charge in [-0.15, -0.1) is 11.6 Å². The molecule has 1 aromatic rings. The molecule has 0 saturated carbocycles. The molecule has 1 unspecified atom stereocenters. The van der Waals surface area contributed by atoms with Crippen molar-refractivity contribution < 1.29 is 18.7 Å². The Morgan fingerprint density at radius 2 is 2.06 bits per heavy atom. The molecule has 0 aliphatic heterocycles. The Balaban J connectivity index is 3.10. The third kappa shape index (κ3) is 3.53. The summed E-state index contributed by atoms with van der Waals surface area (Å²) in [5.74, 6) is -1.58. The van der Waals surface area contributed by atoms with Gasteiger partial charge in [-0.05, 0) is 37.6 Å². The number of carbonyl (C=O) groups is 2. The Hall–Kier alpha value is -1.42. The van der Waals surface area contributed by atoms with Crippen LogP contribution >= 0.6 is 11.6 Å². The van der Waals surface area contributed by atoms with Crippen molar-refractivity contribution in [2.75, 3.05) is 6.61 Å². The minimum atomic E-state index is -0.959. The van der Waals surface area contributed by atoms with E-state index in [-0.39, 0.29) is 23.5 Å². The van der Waals surface area contributed by atoms with Crippen LogP contribution in [0.1, 0.15) is 35.1 Å². The lowest BCUT2D eigenvalue weighted by Crippen LogP contribution is -2.08. The molecule has 0 aromatic heterocycles. The first-order chi connectivity index (χ1) is 7.95. The number of hydrogen-bond acceptors (Lipinski definition) is 3. The monoisotopic (exact) mass is 258 g/mol. The van der Waals surface area contributed by atoms with Crippen LogP contribution in [-0.2, 0) is 9.53 Å². The minimum Gasteiger partial charge on any atom is -0.462 e. The molecular formula is C12H12ClFO3. The van der Waals surface area contributed by atoms with Gasteiger partial charge in [0.1, 0.15) is 11.2 Å². The first kappa shape index (κ1) is 13.6. The zero-order chi connectivity index (χ0) is 13.0. The van der Waals surface area contributed by atoms with Crippen molar-refractivity contribution >= 4 is 23.4 Å². The highest BCUT2D eigenvalue weighted by Crippen LogP contribution is 2.23. The van der Waals surface area contributed by atoms with Crippen molar-refractivity contribution in [3.05, 3.63) is 35.1 Å². The van der Waals surface area contributed by atoms with Crippen molar-refractivity contribution in [2.24, 2.45) is 0 Å². The molecule has 0 N–H and O–H groups in total. The summed E-state index contributed by atoms with van der Waals surface area (Å²) in [6.45, 7) is 3.15. The average Bonchev–Trinajstić information content (AvgIpc) is 2.27. The fraction of sp³-hybridized carbons (Fsp3) is 0.333. The summed E-state index contributed by atoms with van der Waals surface area (Å²) >= 11 is 5.80. The number of hydrogen-bond donors (Lipinski definition) is 0. The number of carbonyl (C=O) groups excluding carboxylic acids is 2. The van der Waals surface area contributed by atoms with E-state index in [9.17, 15) is 14.0 Å². The van der Waals surface area contributed by atoms with Crippen molar-refractivity contribution in [3.8, 4) is 0 Å². The van der Waals surface area contributed by atoms with E-state index in [4.69, 9.17) is 16.3 Å². The number of ether oxygens (including phenoxy) is 1. The highest BCUT2D eigenvalue weighted by molar-refractivity contribution is 6.30. The number of alkyl halides is 1.